The van der Waals surface area contributed by atoms with Crippen LogP contribution in [0.25, 0.3) is 0 Å². The Balaban J connectivity index is 1.56. The summed E-state index contributed by atoms with van der Waals surface area (Å²) >= 11 is 0. The van der Waals surface area contributed by atoms with Crippen LogP contribution in [0.1, 0.15) is 27.4 Å². The Hall–Kier alpha value is -3.60. The number of amides is 2. The zero-order valence-electron chi connectivity index (χ0n) is 17.5. The SMILES string of the molecule is COc1cccc([C@H]2CN(C(=O)c3ccccc3)C[C@@H]2C(=O)NCc2ccccc2)c1. The molecule has 1 N–H and O–H groups in total. The Kier molecular flexibility index (Phi) is 6.32. The Morgan fingerprint density at radius 1 is 0.935 bits per heavy atom. The summed E-state index contributed by atoms with van der Waals surface area (Å²) in [5, 5.41) is 3.06. The van der Waals surface area contributed by atoms with E-state index in [4.69, 9.17) is 4.74 Å². The molecular weight excluding hydrogens is 388 g/mol. The summed E-state index contributed by atoms with van der Waals surface area (Å²) < 4.78 is 5.38. The molecular formula is C26H26N2O3. The molecule has 31 heavy (non-hydrogen) atoms. The molecule has 158 valence electrons. The van der Waals surface area contributed by atoms with Crippen molar-refractivity contribution in [2.45, 2.75) is 12.5 Å². The number of likely N-dealkylation sites (tertiary alicyclic amines) is 1. The Morgan fingerprint density at radius 3 is 2.35 bits per heavy atom. The van der Waals surface area contributed by atoms with Crippen molar-refractivity contribution in [2.75, 3.05) is 20.2 Å². The van der Waals surface area contributed by atoms with Crippen molar-refractivity contribution in [3.63, 3.8) is 0 Å². The van der Waals surface area contributed by atoms with Crippen LogP contribution in [0, 0.1) is 5.92 Å². The molecule has 0 bridgehead atoms. The number of methoxy groups -OCH3 is 1. The molecule has 1 saturated heterocycles. The monoisotopic (exact) mass is 414 g/mol. The minimum absolute atomic E-state index is 0.0416. The smallest absolute Gasteiger partial charge is 0.253 e. The van der Waals surface area contributed by atoms with Gasteiger partial charge in [0.05, 0.1) is 13.0 Å². The average Bonchev–Trinajstić information content (AvgIpc) is 3.29. The zero-order valence-corrected chi connectivity index (χ0v) is 17.5. The third-order valence-electron chi connectivity index (χ3n) is 5.80. The molecule has 4 rings (SSSR count). The summed E-state index contributed by atoms with van der Waals surface area (Å²) in [6, 6.07) is 26.8. The van der Waals surface area contributed by atoms with Crippen LogP contribution in [0.5, 0.6) is 5.75 Å². The number of carbonyl (C=O) groups excluding carboxylic acids is 2. The van der Waals surface area contributed by atoms with Crippen LogP contribution in [0.15, 0.2) is 84.9 Å². The van der Waals surface area contributed by atoms with E-state index < -0.39 is 0 Å². The van der Waals surface area contributed by atoms with E-state index in [0.717, 1.165) is 16.9 Å². The average molecular weight is 415 g/mol. The van der Waals surface area contributed by atoms with Crippen LogP contribution in [0.3, 0.4) is 0 Å². The molecule has 0 aromatic heterocycles. The Bertz CT molecular complexity index is 1040. The molecule has 0 aliphatic carbocycles. The van der Waals surface area contributed by atoms with Crippen LogP contribution in [-0.4, -0.2) is 36.9 Å². The van der Waals surface area contributed by atoms with Crippen molar-refractivity contribution in [3.8, 4) is 5.75 Å². The third kappa shape index (κ3) is 4.77. The summed E-state index contributed by atoms with van der Waals surface area (Å²) in [7, 11) is 1.63. The second-order valence-electron chi connectivity index (χ2n) is 7.77. The van der Waals surface area contributed by atoms with Crippen LogP contribution in [-0.2, 0) is 11.3 Å². The highest BCUT2D eigenvalue weighted by Crippen LogP contribution is 2.35. The lowest BCUT2D eigenvalue weighted by atomic mass is 9.88. The molecule has 1 aliphatic heterocycles. The first-order chi connectivity index (χ1) is 15.2. The molecule has 1 aliphatic rings. The van der Waals surface area contributed by atoms with E-state index in [-0.39, 0.29) is 23.7 Å². The molecule has 5 heteroatoms. The van der Waals surface area contributed by atoms with Gasteiger partial charge in [-0.2, -0.15) is 0 Å². The first-order valence-corrected chi connectivity index (χ1v) is 10.5. The molecule has 2 amide bonds. The summed E-state index contributed by atoms with van der Waals surface area (Å²) in [6.45, 7) is 1.34. The van der Waals surface area contributed by atoms with Crippen molar-refractivity contribution >= 4 is 11.8 Å². The van der Waals surface area contributed by atoms with Crippen LogP contribution < -0.4 is 10.1 Å². The van der Waals surface area contributed by atoms with Crippen molar-refractivity contribution in [3.05, 3.63) is 102 Å². The van der Waals surface area contributed by atoms with Crippen molar-refractivity contribution in [2.24, 2.45) is 5.92 Å². The number of carbonyl (C=O) groups is 2. The molecule has 0 radical (unpaired) electrons. The van der Waals surface area contributed by atoms with Gasteiger partial charge < -0.3 is 15.0 Å². The summed E-state index contributed by atoms with van der Waals surface area (Å²) in [4.78, 5) is 28.0. The van der Waals surface area contributed by atoms with E-state index in [0.29, 0.717) is 25.2 Å². The van der Waals surface area contributed by atoms with E-state index >= 15 is 0 Å². The van der Waals surface area contributed by atoms with E-state index in [1.807, 2.05) is 84.9 Å². The topological polar surface area (TPSA) is 58.6 Å². The molecule has 1 heterocycles. The summed E-state index contributed by atoms with van der Waals surface area (Å²) in [5.41, 5.74) is 2.68. The first kappa shape index (κ1) is 20.7. The number of hydrogen-bond donors (Lipinski definition) is 1. The number of nitrogens with one attached hydrogen (secondary N) is 1. The lowest BCUT2D eigenvalue weighted by Crippen LogP contribution is -2.35. The molecule has 3 aromatic carbocycles. The van der Waals surface area contributed by atoms with Crippen LogP contribution in [0.4, 0.5) is 0 Å². The van der Waals surface area contributed by atoms with Gasteiger partial charge in [-0.1, -0.05) is 60.7 Å². The number of hydrogen-bond acceptors (Lipinski definition) is 3. The number of nitrogens with zero attached hydrogens (tertiary/aromatic N) is 1. The van der Waals surface area contributed by atoms with Gasteiger partial charge >= 0.3 is 0 Å². The fourth-order valence-corrected chi connectivity index (χ4v) is 4.12. The maximum absolute atomic E-state index is 13.2. The number of ether oxygens (including phenoxy) is 1. The summed E-state index contributed by atoms with van der Waals surface area (Å²) in [5.74, 6) is 0.225. The fraction of sp³-hybridized carbons (Fsp3) is 0.231. The van der Waals surface area contributed by atoms with Gasteiger partial charge in [0.1, 0.15) is 5.75 Å². The lowest BCUT2D eigenvalue weighted by molar-refractivity contribution is -0.125. The fourth-order valence-electron chi connectivity index (χ4n) is 4.12. The first-order valence-electron chi connectivity index (χ1n) is 10.5. The highest BCUT2D eigenvalue weighted by Gasteiger charge is 2.40. The van der Waals surface area contributed by atoms with E-state index in [2.05, 4.69) is 5.32 Å². The number of rotatable bonds is 6. The Labute approximate surface area is 182 Å². The maximum Gasteiger partial charge on any atom is 0.253 e. The predicted molar refractivity (Wildman–Crippen MR) is 120 cm³/mol. The standard InChI is InChI=1S/C26H26N2O3/c1-31-22-14-8-13-21(15-22)23-17-28(26(30)20-11-6-3-7-12-20)18-24(23)25(29)27-16-19-9-4-2-5-10-19/h2-15,23-24H,16-18H2,1H3,(H,27,29)/t23-,24+/m1/s1. The van der Waals surface area contributed by atoms with Gasteiger partial charge in [0, 0.05) is 31.1 Å². The highest BCUT2D eigenvalue weighted by atomic mass is 16.5. The zero-order chi connectivity index (χ0) is 21.6. The van der Waals surface area contributed by atoms with Gasteiger partial charge in [-0.3, -0.25) is 9.59 Å². The van der Waals surface area contributed by atoms with Crippen molar-refractivity contribution in [1.29, 1.82) is 0 Å². The van der Waals surface area contributed by atoms with Gasteiger partial charge in [-0.25, -0.2) is 0 Å². The minimum atomic E-state index is -0.330. The molecule has 1 fully saturated rings. The minimum Gasteiger partial charge on any atom is -0.497 e. The molecule has 0 spiro atoms. The highest BCUT2D eigenvalue weighted by molar-refractivity contribution is 5.95. The normalized spacial score (nSPS) is 17.9. The van der Waals surface area contributed by atoms with E-state index in [9.17, 15) is 9.59 Å². The van der Waals surface area contributed by atoms with Crippen LogP contribution >= 0.6 is 0 Å². The molecule has 0 unspecified atom stereocenters. The molecule has 5 nitrogen and oxygen atoms in total. The molecule has 0 saturated carbocycles. The molecule has 2 atom stereocenters. The third-order valence-corrected chi connectivity index (χ3v) is 5.80. The van der Waals surface area contributed by atoms with Crippen molar-refractivity contribution in [1.82, 2.24) is 10.2 Å². The van der Waals surface area contributed by atoms with E-state index in [1.165, 1.54) is 0 Å². The molecule has 3 aromatic rings. The predicted octanol–water partition coefficient (Wildman–Crippen LogP) is 3.87. The second-order valence-corrected chi connectivity index (χ2v) is 7.77. The van der Waals surface area contributed by atoms with Gasteiger partial charge in [-0.05, 0) is 35.4 Å². The maximum atomic E-state index is 13.2. The number of benzene rings is 3. The lowest BCUT2D eigenvalue weighted by Gasteiger charge is -2.18. The largest absolute Gasteiger partial charge is 0.497 e. The van der Waals surface area contributed by atoms with E-state index in [1.54, 1.807) is 12.0 Å². The van der Waals surface area contributed by atoms with Gasteiger partial charge in [-0.15, -0.1) is 0 Å². The van der Waals surface area contributed by atoms with Crippen LogP contribution in [0.2, 0.25) is 0 Å². The second kappa shape index (κ2) is 9.47. The van der Waals surface area contributed by atoms with Crippen molar-refractivity contribution < 1.29 is 14.3 Å². The quantitative estimate of drug-likeness (QED) is 0.666. The van der Waals surface area contributed by atoms with Gasteiger partial charge in [0.25, 0.3) is 5.91 Å². The van der Waals surface area contributed by atoms with Gasteiger partial charge in [0.2, 0.25) is 5.91 Å². The van der Waals surface area contributed by atoms with Gasteiger partial charge in [0.15, 0.2) is 0 Å². The Morgan fingerprint density at radius 2 is 1.65 bits per heavy atom. The summed E-state index contributed by atoms with van der Waals surface area (Å²) in [6.07, 6.45) is 0.